The van der Waals surface area contributed by atoms with E-state index in [1.54, 1.807) is 12.1 Å². The Bertz CT molecular complexity index is 760. The third-order valence-electron chi connectivity index (χ3n) is 3.66. The zero-order valence-corrected chi connectivity index (χ0v) is 15.4. The molecule has 2 amide bonds. The van der Waals surface area contributed by atoms with Crippen LogP contribution in [0.4, 0.5) is 10.5 Å². The number of hydrogen-bond donors (Lipinski definition) is 2. The maximum atomic E-state index is 12.4. The number of rotatable bonds is 6. The number of hydrogen-bond acceptors (Lipinski definition) is 4. The van der Waals surface area contributed by atoms with Crippen molar-refractivity contribution in [3.05, 3.63) is 59.7 Å². The van der Waals surface area contributed by atoms with Crippen LogP contribution in [0.3, 0.4) is 0 Å². The summed E-state index contributed by atoms with van der Waals surface area (Å²) in [7, 11) is 1.31. The van der Waals surface area contributed by atoms with Crippen LogP contribution in [0.1, 0.15) is 42.7 Å². The number of urea groups is 1. The molecule has 0 aliphatic heterocycles. The lowest BCUT2D eigenvalue weighted by atomic mass is 10.1. The van der Waals surface area contributed by atoms with Crippen molar-refractivity contribution in [2.75, 3.05) is 12.4 Å². The molecule has 0 fully saturated rings. The van der Waals surface area contributed by atoms with Gasteiger partial charge in [-0.3, -0.25) is 0 Å². The molecule has 2 aromatic carbocycles. The molecule has 6 heteroatoms. The van der Waals surface area contributed by atoms with Crippen molar-refractivity contribution in [1.82, 2.24) is 5.32 Å². The highest BCUT2D eigenvalue weighted by atomic mass is 16.5. The normalized spacial score (nSPS) is 11.6. The van der Waals surface area contributed by atoms with Gasteiger partial charge in [0, 0.05) is 0 Å². The number of carbonyl (C=O) groups is 2. The van der Waals surface area contributed by atoms with E-state index >= 15 is 0 Å². The van der Waals surface area contributed by atoms with Crippen LogP contribution in [0.5, 0.6) is 5.75 Å². The molecule has 0 aromatic heterocycles. The molecule has 0 saturated carbocycles. The number of anilines is 1. The van der Waals surface area contributed by atoms with Gasteiger partial charge in [0.1, 0.15) is 5.75 Å². The molecular weight excluding hydrogens is 332 g/mol. The molecule has 1 unspecified atom stereocenters. The molecule has 0 saturated heterocycles. The minimum Gasteiger partial charge on any atom is -0.489 e. The van der Waals surface area contributed by atoms with Gasteiger partial charge in [-0.1, -0.05) is 30.3 Å². The first-order chi connectivity index (χ1) is 12.4. The highest BCUT2D eigenvalue weighted by molar-refractivity contribution is 5.95. The number of benzene rings is 2. The van der Waals surface area contributed by atoms with Crippen LogP contribution in [-0.2, 0) is 4.74 Å². The maximum absolute atomic E-state index is 12.4. The minimum absolute atomic E-state index is 0.0779. The first-order valence-corrected chi connectivity index (χ1v) is 8.42. The predicted molar refractivity (Wildman–Crippen MR) is 101 cm³/mol. The largest absolute Gasteiger partial charge is 0.489 e. The van der Waals surface area contributed by atoms with Crippen LogP contribution in [0.25, 0.3) is 0 Å². The molecule has 1 atom stereocenters. The first-order valence-electron chi connectivity index (χ1n) is 8.42. The summed E-state index contributed by atoms with van der Waals surface area (Å²) in [6, 6.07) is 13.8. The lowest BCUT2D eigenvalue weighted by molar-refractivity contribution is 0.0600. The zero-order chi connectivity index (χ0) is 19.1. The average Bonchev–Trinajstić information content (AvgIpc) is 2.62. The standard InChI is InChI=1S/C20H24N2O4/c1-13(2)26-18-11-10-16(19(23)25-4)12-17(18)22-20(24)21-14(3)15-8-6-5-7-9-15/h5-14H,1-4H3,(H2,21,22,24). The monoisotopic (exact) mass is 356 g/mol. The van der Waals surface area contributed by atoms with Crippen molar-refractivity contribution in [3.8, 4) is 5.75 Å². The van der Waals surface area contributed by atoms with Crippen LogP contribution in [0, 0.1) is 0 Å². The van der Waals surface area contributed by atoms with Crippen LogP contribution < -0.4 is 15.4 Å². The summed E-state index contributed by atoms with van der Waals surface area (Å²) in [5.74, 6) is -0.00243. The van der Waals surface area contributed by atoms with Crippen LogP contribution in [0.15, 0.2) is 48.5 Å². The first kappa shape index (κ1) is 19.3. The quantitative estimate of drug-likeness (QED) is 0.763. The predicted octanol–water partition coefficient (Wildman–Crippen LogP) is 4.14. The van der Waals surface area contributed by atoms with Crippen molar-refractivity contribution in [2.45, 2.75) is 32.9 Å². The van der Waals surface area contributed by atoms with Gasteiger partial charge >= 0.3 is 12.0 Å². The minimum atomic E-state index is -0.484. The summed E-state index contributed by atoms with van der Waals surface area (Å²) >= 11 is 0. The number of amides is 2. The number of esters is 1. The third kappa shape index (κ3) is 5.24. The summed E-state index contributed by atoms with van der Waals surface area (Å²) in [4.78, 5) is 24.1. The molecule has 26 heavy (non-hydrogen) atoms. The molecule has 0 spiro atoms. The molecule has 0 radical (unpaired) electrons. The van der Waals surface area contributed by atoms with Crippen molar-refractivity contribution < 1.29 is 19.1 Å². The number of carbonyl (C=O) groups excluding carboxylic acids is 2. The van der Waals surface area contributed by atoms with Crippen molar-refractivity contribution >= 4 is 17.7 Å². The van der Waals surface area contributed by atoms with Gasteiger partial charge in [0.15, 0.2) is 0 Å². The zero-order valence-electron chi connectivity index (χ0n) is 15.4. The average molecular weight is 356 g/mol. The number of ether oxygens (including phenoxy) is 2. The van der Waals surface area contributed by atoms with E-state index in [1.807, 2.05) is 51.1 Å². The van der Waals surface area contributed by atoms with Gasteiger partial charge in [-0.25, -0.2) is 9.59 Å². The SMILES string of the molecule is COC(=O)c1ccc(OC(C)C)c(NC(=O)NC(C)c2ccccc2)c1. The molecule has 138 valence electrons. The Kier molecular flexibility index (Phi) is 6.60. The van der Waals surface area contributed by atoms with Crippen molar-refractivity contribution in [1.29, 1.82) is 0 Å². The van der Waals surface area contributed by atoms with Gasteiger partial charge in [0.05, 0.1) is 30.5 Å². The molecule has 2 rings (SSSR count). The fourth-order valence-corrected chi connectivity index (χ4v) is 2.41. The van der Waals surface area contributed by atoms with Crippen molar-refractivity contribution in [3.63, 3.8) is 0 Å². The number of nitrogens with one attached hydrogen (secondary N) is 2. The Labute approximate surface area is 153 Å². The Morgan fingerprint density at radius 2 is 1.69 bits per heavy atom. The van der Waals surface area contributed by atoms with Gasteiger partial charge < -0.3 is 20.1 Å². The lowest BCUT2D eigenvalue weighted by Gasteiger charge is -2.18. The van der Waals surface area contributed by atoms with Gasteiger partial charge in [0.2, 0.25) is 0 Å². The Morgan fingerprint density at radius 3 is 2.31 bits per heavy atom. The van der Waals surface area contributed by atoms with Crippen molar-refractivity contribution in [2.24, 2.45) is 0 Å². The van der Waals surface area contributed by atoms with Gasteiger partial charge in [-0.15, -0.1) is 0 Å². The van der Waals surface area contributed by atoms with E-state index in [0.717, 1.165) is 5.56 Å². The second-order valence-corrected chi connectivity index (χ2v) is 6.10. The van der Waals surface area contributed by atoms with Crippen LogP contribution in [-0.4, -0.2) is 25.2 Å². The summed E-state index contributed by atoms with van der Waals surface area (Å²) in [6.07, 6.45) is -0.0779. The third-order valence-corrected chi connectivity index (χ3v) is 3.66. The number of methoxy groups -OCH3 is 1. The molecule has 0 bridgehead atoms. The van der Waals surface area contributed by atoms with Gasteiger partial charge in [-0.05, 0) is 44.5 Å². The summed E-state index contributed by atoms with van der Waals surface area (Å²) < 4.78 is 10.4. The summed E-state index contributed by atoms with van der Waals surface area (Å²) in [6.45, 7) is 5.66. The van der Waals surface area contributed by atoms with E-state index in [2.05, 4.69) is 10.6 Å². The van der Waals surface area contributed by atoms with E-state index in [1.165, 1.54) is 13.2 Å². The highest BCUT2D eigenvalue weighted by Gasteiger charge is 2.15. The highest BCUT2D eigenvalue weighted by Crippen LogP contribution is 2.27. The Balaban J connectivity index is 2.16. The fraction of sp³-hybridized carbons (Fsp3) is 0.300. The second-order valence-electron chi connectivity index (χ2n) is 6.10. The topological polar surface area (TPSA) is 76.7 Å². The smallest absolute Gasteiger partial charge is 0.337 e. The van der Waals surface area contributed by atoms with E-state index in [4.69, 9.17) is 9.47 Å². The molecule has 0 aliphatic rings. The van der Waals surface area contributed by atoms with Crippen LogP contribution in [0.2, 0.25) is 0 Å². The fourth-order valence-electron chi connectivity index (χ4n) is 2.41. The van der Waals surface area contributed by atoms with E-state index in [9.17, 15) is 9.59 Å². The van der Waals surface area contributed by atoms with E-state index in [-0.39, 0.29) is 12.1 Å². The second kappa shape index (κ2) is 8.89. The summed E-state index contributed by atoms with van der Waals surface area (Å²) in [5, 5.41) is 5.62. The maximum Gasteiger partial charge on any atom is 0.337 e. The molecule has 2 aromatic rings. The Morgan fingerprint density at radius 1 is 1.00 bits per heavy atom. The molecule has 0 aliphatic carbocycles. The van der Waals surface area contributed by atoms with Gasteiger partial charge in [-0.2, -0.15) is 0 Å². The lowest BCUT2D eigenvalue weighted by Crippen LogP contribution is -2.31. The van der Waals surface area contributed by atoms with E-state index in [0.29, 0.717) is 17.0 Å². The molecular formula is C20H24N2O4. The molecule has 2 N–H and O–H groups in total. The molecule has 6 nitrogen and oxygen atoms in total. The van der Waals surface area contributed by atoms with E-state index < -0.39 is 12.0 Å². The molecule has 0 heterocycles. The van der Waals surface area contributed by atoms with Gasteiger partial charge in [0.25, 0.3) is 0 Å². The Hall–Kier alpha value is -3.02. The van der Waals surface area contributed by atoms with Crippen LogP contribution >= 0.6 is 0 Å². The summed E-state index contributed by atoms with van der Waals surface area (Å²) in [5.41, 5.74) is 1.72.